The standard InChI is InChI=1S/C29H37ClN4O/c1-21-3-5-22(6-4-21)17-34-12-9-23(18-34)16-31-29(35)24-10-13-33(14-11-24)20-25-19-32(2)28-8-7-26(30)15-27(25)28/h3-8,15,19,23-24H,9-14,16-18,20H2,1-2H3,(H,31,35). The van der Waals surface area contributed by atoms with Crippen LogP contribution < -0.4 is 5.32 Å². The van der Waals surface area contributed by atoms with Gasteiger partial charge in [0, 0.05) is 61.3 Å². The first-order chi connectivity index (χ1) is 16.9. The van der Waals surface area contributed by atoms with E-state index in [2.05, 4.69) is 76.3 Å². The summed E-state index contributed by atoms with van der Waals surface area (Å²) >= 11 is 6.25. The lowest BCUT2D eigenvalue weighted by atomic mass is 9.95. The number of hydrogen-bond donors (Lipinski definition) is 1. The number of aromatic nitrogens is 1. The summed E-state index contributed by atoms with van der Waals surface area (Å²) in [4.78, 5) is 17.9. The molecule has 2 saturated heterocycles. The Morgan fingerprint density at radius 2 is 1.74 bits per heavy atom. The molecule has 1 N–H and O–H groups in total. The number of halogens is 1. The van der Waals surface area contributed by atoms with Crippen molar-refractivity contribution < 1.29 is 4.79 Å². The topological polar surface area (TPSA) is 40.5 Å². The van der Waals surface area contributed by atoms with E-state index in [0.717, 1.165) is 63.7 Å². The number of hydrogen-bond acceptors (Lipinski definition) is 3. The van der Waals surface area contributed by atoms with Crippen LogP contribution in [-0.4, -0.2) is 53.0 Å². The molecule has 186 valence electrons. The zero-order valence-electron chi connectivity index (χ0n) is 21.0. The van der Waals surface area contributed by atoms with Crippen LogP contribution in [0.1, 0.15) is 36.0 Å². The third kappa shape index (κ3) is 5.91. The molecule has 0 aliphatic carbocycles. The minimum absolute atomic E-state index is 0.137. The van der Waals surface area contributed by atoms with Gasteiger partial charge in [-0.05, 0) is 81.1 Å². The normalized spacial score (nSPS) is 20.0. The molecular weight excluding hydrogens is 456 g/mol. The van der Waals surface area contributed by atoms with E-state index < -0.39 is 0 Å². The molecule has 1 amide bonds. The van der Waals surface area contributed by atoms with E-state index in [1.807, 2.05) is 6.07 Å². The quantitative estimate of drug-likeness (QED) is 0.505. The Bertz CT molecular complexity index is 1160. The van der Waals surface area contributed by atoms with Crippen LogP contribution in [0.5, 0.6) is 0 Å². The maximum absolute atomic E-state index is 12.9. The van der Waals surface area contributed by atoms with E-state index in [1.165, 1.54) is 34.0 Å². The predicted molar refractivity (Wildman–Crippen MR) is 144 cm³/mol. The highest BCUT2D eigenvalue weighted by Crippen LogP contribution is 2.27. The highest BCUT2D eigenvalue weighted by atomic mass is 35.5. The summed E-state index contributed by atoms with van der Waals surface area (Å²) in [6.07, 6.45) is 5.24. The molecule has 35 heavy (non-hydrogen) atoms. The van der Waals surface area contributed by atoms with Gasteiger partial charge in [-0.1, -0.05) is 41.4 Å². The van der Waals surface area contributed by atoms with Gasteiger partial charge in [0.25, 0.3) is 0 Å². The lowest BCUT2D eigenvalue weighted by molar-refractivity contribution is -0.126. The summed E-state index contributed by atoms with van der Waals surface area (Å²) in [5, 5.41) is 5.29. The maximum atomic E-state index is 12.9. The van der Waals surface area contributed by atoms with Gasteiger partial charge in [0.1, 0.15) is 0 Å². The molecule has 5 nitrogen and oxygen atoms in total. The Hall–Kier alpha value is -2.34. The third-order valence-electron chi connectivity index (χ3n) is 7.85. The number of benzene rings is 2. The first-order valence-corrected chi connectivity index (χ1v) is 13.3. The second-order valence-corrected chi connectivity index (χ2v) is 11.0. The molecule has 2 aliphatic heterocycles. The highest BCUT2D eigenvalue weighted by molar-refractivity contribution is 6.31. The second-order valence-electron chi connectivity index (χ2n) is 10.6. The molecule has 5 rings (SSSR count). The molecule has 2 aromatic carbocycles. The summed E-state index contributed by atoms with van der Waals surface area (Å²) < 4.78 is 2.17. The van der Waals surface area contributed by atoms with Gasteiger partial charge in [0.15, 0.2) is 0 Å². The first kappa shape index (κ1) is 24.4. The van der Waals surface area contributed by atoms with Crippen molar-refractivity contribution in [2.75, 3.05) is 32.7 Å². The van der Waals surface area contributed by atoms with Crippen molar-refractivity contribution in [1.29, 1.82) is 0 Å². The molecule has 3 heterocycles. The van der Waals surface area contributed by atoms with Crippen LogP contribution in [0.15, 0.2) is 48.7 Å². The molecule has 6 heteroatoms. The Morgan fingerprint density at radius 3 is 2.51 bits per heavy atom. The molecule has 2 fully saturated rings. The Morgan fingerprint density at radius 1 is 1.00 bits per heavy atom. The SMILES string of the molecule is Cc1ccc(CN2CCC(CNC(=O)C3CCN(Cc4cn(C)c5ccc(Cl)cc45)CC3)C2)cc1. The van der Waals surface area contributed by atoms with Crippen molar-refractivity contribution in [3.05, 3.63) is 70.4 Å². The van der Waals surface area contributed by atoms with Crippen LogP contribution in [0.4, 0.5) is 0 Å². The number of likely N-dealkylation sites (tertiary alicyclic amines) is 2. The number of carbonyl (C=O) groups is 1. The number of nitrogens with zero attached hydrogens (tertiary/aromatic N) is 3. The molecule has 0 spiro atoms. The smallest absolute Gasteiger partial charge is 0.223 e. The van der Waals surface area contributed by atoms with Crippen LogP contribution in [0.3, 0.4) is 0 Å². The van der Waals surface area contributed by atoms with E-state index in [-0.39, 0.29) is 11.8 Å². The van der Waals surface area contributed by atoms with Crippen LogP contribution in [-0.2, 0) is 24.9 Å². The zero-order chi connectivity index (χ0) is 24.4. The average Bonchev–Trinajstić information content (AvgIpc) is 3.43. The van der Waals surface area contributed by atoms with E-state index in [9.17, 15) is 4.79 Å². The van der Waals surface area contributed by atoms with Crippen molar-refractivity contribution in [2.45, 2.75) is 39.3 Å². The van der Waals surface area contributed by atoms with Gasteiger partial charge >= 0.3 is 0 Å². The fraction of sp³-hybridized carbons (Fsp3) is 0.483. The van der Waals surface area contributed by atoms with Gasteiger partial charge < -0.3 is 9.88 Å². The Balaban J connectivity index is 1.05. The van der Waals surface area contributed by atoms with Crippen LogP contribution in [0, 0.1) is 18.8 Å². The van der Waals surface area contributed by atoms with E-state index >= 15 is 0 Å². The van der Waals surface area contributed by atoms with Crippen LogP contribution >= 0.6 is 11.6 Å². The van der Waals surface area contributed by atoms with Crippen molar-refractivity contribution >= 4 is 28.4 Å². The van der Waals surface area contributed by atoms with Crippen molar-refractivity contribution in [3.8, 4) is 0 Å². The number of aryl methyl sites for hydroxylation is 2. The monoisotopic (exact) mass is 492 g/mol. The molecule has 1 unspecified atom stereocenters. The third-order valence-corrected chi connectivity index (χ3v) is 8.08. The number of fused-ring (bicyclic) bond motifs is 1. The van der Waals surface area contributed by atoms with Gasteiger partial charge in [0.2, 0.25) is 5.91 Å². The van der Waals surface area contributed by atoms with Crippen LogP contribution in [0.2, 0.25) is 5.02 Å². The molecule has 1 aromatic heterocycles. The van der Waals surface area contributed by atoms with Gasteiger partial charge in [-0.2, -0.15) is 0 Å². The lowest BCUT2D eigenvalue weighted by Crippen LogP contribution is -2.41. The molecule has 2 aliphatic rings. The first-order valence-electron chi connectivity index (χ1n) is 13.0. The summed E-state index contributed by atoms with van der Waals surface area (Å²) in [5.41, 5.74) is 5.20. The van der Waals surface area contributed by atoms with Gasteiger partial charge in [-0.3, -0.25) is 14.6 Å². The average molecular weight is 493 g/mol. The minimum Gasteiger partial charge on any atom is -0.356 e. The summed E-state index contributed by atoms with van der Waals surface area (Å²) in [6, 6.07) is 14.9. The minimum atomic E-state index is 0.137. The Kier molecular flexibility index (Phi) is 7.47. The van der Waals surface area contributed by atoms with Crippen molar-refractivity contribution in [2.24, 2.45) is 18.9 Å². The predicted octanol–water partition coefficient (Wildman–Crippen LogP) is 4.99. The van der Waals surface area contributed by atoms with Crippen molar-refractivity contribution in [3.63, 3.8) is 0 Å². The highest BCUT2D eigenvalue weighted by Gasteiger charge is 2.27. The molecule has 0 bridgehead atoms. The second kappa shape index (κ2) is 10.7. The van der Waals surface area contributed by atoms with Crippen LogP contribution in [0.25, 0.3) is 10.9 Å². The number of carbonyl (C=O) groups excluding carboxylic acids is 1. The summed E-state index contributed by atoms with van der Waals surface area (Å²) in [7, 11) is 2.09. The molecule has 1 atom stereocenters. The van der Waals surface area contributed by atoms with Gasteiger partial charge in [-0.25, -0.2) is 0 Å². The Labute approximate surface area is 214 Å². The van der Waals surface area contributed by atoms with Gasteiger partial charge in [-0.15, -0.1) is 0 Å². The number of piperidine rings is 1. The lowest BCUT2D eigenvalue weighted by Gasteiger charge is -2.31. The van der Waals surface area contributed by atoms with Crippen molar-refractivity contribution in [1.82, 2.24) is 19.7 Å². The summed E-state index contributed by atoms with van der Waals surface area (Å²) in [6.45, 7) is 8.96. The van der Waals surface area contributed by atoms with E-state index in [0.29, 0.717) is 5.92 Å². The molecule has 3 aromatic rings. The number of nitrogens with one attached hydrogen (secondary N) is 1. The largest absolute Gasteiger partial charge is 0.356 e. The maximum Gasteiger partial charge on any atom is 0.223 e. The van der Waals surface area contributed by atoms with E-state index in [4.69, 9.17) is 11.6 Å². The zero-order valence-corrected chi connectivity index (χ0v) is 21.7. The molecule has 0 saturated carbocycles. The number of amides is 1. The van der Waals surface area contributed by atoms with E-state index in [1.54, 1.807) is 0 Å². The van der Waals surface area contributed by atoms with Gasteiger partial charge in [0.05, 0.1) is 0 Å². The molecule has 0 radical (unpaired) electrons. The summed E-state index contributed by atoms with van der Waals surface area (Å²) in [5.74, 6) is 0.944. The fourth-order valence-corrected chi connectivity index (χ4v) is 5.90. The number of rotatable bonds is 7. The fourth-order valence-electron chi connectivity index (χ4n) is 5.73. The molecular formula is C29H37ClN4O.